The second kappa shape index (κ2) is 11.9. The van der Waals surface area contributed by atoms with Crippen molar-refractivity contribution in [3.63, 3.8) is 0 Å². The second-order valence-corrected chi connectivity index (χ2v) is 9.14. The molecular formula is C20H27N5O2S2. The van der Waals surface area contributed by atoms with E-state index >= 15 is 0 Å². The number of amides is 2. The molecule has 0 saturated carbocycles. The number of anilines is 1. The van der Waals surface area contributed by atoms with Crippen LogP contribution in [0.1, 0.15) is 41.9 Å². The molecule has 7 nitrogen and oxygen atoms in total. The molecule has 0 unspecified atom stereocenters. The van der Waals surface area contributed by atoms with Crippen LogP contribution in [0.25, 0.3) is 0 Å². The van der Waals surface area contributed by atoms with Crippen molar-refractivity contribution in [1.29, 1.82) is 0 Å². The van der Waals surface area contributed by atoms with Gasteiger partial charge in [-0.05, 0) is 51.0 Å². The molecule has 1 aromatic carbocycles. The first-order chi connectivity index (χ1) is 14.2. The largest absolute Gasteiger partial charge is 0.355 e. The lowest BCUT2D eigenvalue weighted by Gasteiger charge is -2.19. The first-order valence-electron chi connectivity index (χ1n) is 10.0. The van der Waals surface area contributed by atoms with E-state index in [0.29, 0.717) is 16.6 Å². The monoisotopic (exact) mass is 433 g/mol. The first kappa shape index (κ1) is 21.7. The lowest BCUT2D eigenvalue weighted by Crippen LogP contribution is -2.31. The van der Waals surface area contributed by atoms with E-state index in [0.717, 1.165) is 13.0 Å². The zero-order valence-corrected chi connectivity index (χ0v) is 18.1. The van der Waals surface area contributed by atoms with Crippen molar-refractivity contribution >= 4 is 40.6 Å². The minimum Gasteiger partial charge on any atom is -0.355 e. The quantitative estimate of drug-likeness (QED) is 0.466. The van der Waals surface area contributed by atoms with Crippen LogP contribution in [0, 0.1) is 0 Å². The molecule has 3 rings (SSSR count). The highest BCUT2D eigenvalue weighted by molar-refractivity contribution is 8.01. The predicted octanol–water partition coefficient (Wildman–Crippen LogP) is 3.26. The molecule has 1 aliphatic heterocycles. The minimum atomic E-state index is -0.293. The molecule has 9 heteroatoms. The fraction of sp³-hybridized carbons (Fsp3) is 0.500. The third-order valence-electron chi connectivity index (χ3n) is 4.63. The zero-order chi connectivity index (χ0) is 20.3. The molecule has 2 N–H and O–H groups in total. The fourth-order valence-corrected chi connectivity index (χ4v) is 4.71. The summed E-state index contributed by atoms with van der Waals surface area (Å²) in [5.41, 5.74) is 0.710. The number of carbonyl (C=O) groups excluding carboxylic acids is 2. The van der Waals surface area contributed by atoms with E-state index in [-0.39, 0.29) is 22.6 Å². The van der Waals surface area contributed by atoms with Crippen LogP contribution >= 0.6 is 23.1 Å². The molecule has 0 aliphatic carbocycles. The Morgan fingerprint density at radius 2 is 1.83 bits per heavy atom. The Kier molecular flexibility index (Phi) is 8.91. The molecule has 29 heavy (non-hydrogen) atoms. The predicted molar refractivity (Wildman–Crippen MR) is 118 cm³/mol. The lowest BCUT2D eigenvalue weighted by atomic mass is 10.2. The minimum absolute atomic E-state index is 0.0173. The van der Waals surface area contributed by atoms with Crippen LogP contribution < -0.4 is 10.6 Å². The van der Waals surface area contributed by atoms with Crippen LogP contribution in [-0.2, 0) is 4.79 Å². The number of carbonyl (C=O) groups is 2. The SMILES string of the molecule is O=C(CSc1nnc(C(=O)Nc2ccccc2)s1)NCCCN1CCCCCC1. The van der Waals surface area contributed by atoms with Crippen LogP contribution in [0.3, 0.4) is 0 Å². The molecular weight excluding hydrogens is 406 g/mol. The van der Waals surface area contributed by atoms with Crippen molar-refractivity contribution in [3.05, 3.63) is 35.3 Å². The van der Waals surface area contributed by atoms with E-state index in [1.807, 2.05) is 30.3 Å². The number of thioether (sulfide) groups is 1. The molecule has 156 valence electrons. The maximum absolute atomic E-state index is 12.2. The Labute approximate surface area is 179 Å². The Morgan fingerprint density at radius 1 is 1.07 bits per heavy atom. The second-order valence-electron chi connectivity index (χ2n) is 6.94. The van der Waals surface area contributed by atoms with Gasteiger partial charge in [0.1, 0.15) is 0 Å². The highest BCUT2D eigenvalue weighted by Gasteiger charge is 2.14. The van der Waals surface area contributed by atoms with Gasteiger partial charge in [0, 0.05) is 12.2 Å². The van der Waals surface area contributed by atoms with Gasteiger partial charge in [-0.25, -0.2) is 0 Å². The van der Waals surface area contributed by atoms with E-state index in [9.17, 15) is 9.59 Å². The Bertz CT molecular complexity index is 776. The first-order valence-corrected chi connectivity index (χ1v) is 11.8. The molecule has 1 fully saturated rings. The van der Waals surface area contributed by atoms with Crippen LogP contribution in [0.4, 0.5) is 5.69 Å². The standard InChI is InChI=1S/C20H27N5O2S2/c26-17(21-11-8-14-25-12-6-1-2-7-13-25)15-28-20-24-23-19(29-20)18(27)22-16-9-4-3-5-10-16/h3-5,9-10H,1-2,6-8,11-15H2,(H,21,26)(H,22,27). The maximum Gasteiger partial charge on any atom is 0.286 e. The van der Waals surface area contributed by atoms with Gasteiger partial charge in [-0.15, -0.1) is 10.2 Å². The summed E-state index contributed by atoms with van der Waals surface area (Å²) in [6.07, 6.45) is 6.23. The van der Waals surface area contributed by atoms with E-state index in [4.69, 9.17) is 0 Å². The molecule has 0 bridgehead atoms. The summed E-state index contributed by atoms with van der Waals surface area (Å²) >= 11 is 2.50. The Hall–Kier alpha value is -1.97. The van der Waals surface area contributed by atoms with Crippen LogP contribution in [-0.4, -0.2) is 58.8 Å². The number of hydrogen-bond donors (Lipinski definition) is 2. The summed E-state index contributed by atoms with van der Waals surface area (Å²) < 4.78 is 0.614. The van der Waals surface area contributed by atoms with Crippen LogP contribution in [0.2, 0.25) is 0 Å². The maximum atomic E-state index is 12.2. The third kappa shape index (κ3) is 7.75. The van der Waals surface area contributed by atoms with Gasteiger partial charge in [0.15, 0.2) is 4.34 Å². The average Bonchev–Trinajstić information content (AvgIpc) is 3.06. The van der Waals surface area contributed by atoms with Gasteiger partial charge in [-0.3, -0.25) is 9.59 Å². The number of aromatic nitrogens is 2. The number of nitrogens with zero attached hydrogens (tertiary/aromatic N) is 3. The van der Waals surface area contributed by atoms with Crippen molar-refractivity contribution in [3.8, 4) is 0 Å². The number of para-hydroxylation sites is 1. The molecule has 0 spiro atoms. The smallest absolute Gasteiger partial charge is 0.286 e. The summed E-state index contributed by atoms with van der Waals surface area (Å²) in [7, 11) is 0. The van der Waals surface area contributed by atoms with Crippen LogP contribution in [0.15, 0.2) is 34.7 Å². The van der Waals surface area contributed by atoms with Gasteiger partial charge in [0.2, 0.25) is 10.9 Å². The average molecular weight is 434 g/mol. The van der Waals surface area contributed by atoms with Crippen molar-refractivity contribution < 1.29 is 9.59 Å². The van der Waals surface area contributed by atoms with E-state index in [1.54, 1.807) is 0 Å². The topological polar surface area (TPSA) is 87.2 Å². The lowest BCUT2D eigenvalue weighted by molar-refractivity contribution is -0.118. The summed E-state index contributed by atoms with van der Waals surface area (Å²) in [6, 6.07) is 9.21. The summed E-state index contributed by atoms with van der Waals surface area (Å²) in [4.78, 5) is 26.7. The normalized spacial score (nSPS) is 14.9. The molecule has 2 heterocycles. The fourth-order valence-electron chi connectivity index (χ4n) is 3.13. The number of benzene rings is 1. The molecule has 1 saturated heterocycles. The molecule has 1 aliphatic rings. The molecule has 0 atom stereocenters. The number of hydrogen-bond acceptors (Lipinski definition) is 7. The van der Waals surface area contributed by atoms with Gasteiger partial charge >= 0.3 is 0 Å². The Balaban J connectivity index is 1.32. The van der Waals surface area contributed by atoms with E-state index in [2.05, 4.69) is 25.7 Å². The van der Waals surface area contributed by atoms with Gasteiger partial charge in [-0.2, -0.15) is 0 Å². The van der Waals surface area contributed by atoms with Gasteiger partial charge in [0.25, 0.3) is 5.91 Å². The number of nitrogens with one attached hydrogen (secondary N) is 2. The highest BCUT2D eigenvalue weighted by Crippen LogP contribution is 2.22. The summed E-state index contributed by atoms with van der Waals surface area (Å²) in [5.74, 6) is -0.0339. The van der Waals surface area contributed by atoms with Crippen LogP contribution in [0.5, 0.6) is 0 Å². The summed E-state index contributed by atoms with van der Waals surface area (Å²) in [6.45, 7) is 4.10. The molecule has 1 aromatic heterocycles. The third-order valence-corrected chi connectivity index (χ3v) is 6.69. The highest BCUT2D eigenvalue weighted by atomic mass is 32.2. The van der Waals surface area contributed by atoms with Gasteiger partial charge in [-0.1, -0.05) is 54.1 Å². The van der Waals surface area contributed by atoms with Gasteiger partial charge in [0.05, 0.1) is 5.75 Å². The number of rotatable bonds is 9. The molecule has 2 aromatic rings. The number of likely N-dealkylation sites (tertiary alicyclic amines) is 1. The van der Waals surface area contributed by atoms with Gasteiger partial charge < -0.3 is 15.5 Å². The van der Waals surface area contributed by atoms with Crippen molar-refractivity contribution in [2.45, 2.75) is 36.4 Å². The molecule has 0 radical (unpaired) electrons. The van der Waals surface area contributed by atoms with Crippen molar-refractivity contribution in [2.75, 3.05) is 37.2 Å². The summed E-state index contributed by atoms with van der Waals surface area (Å²) in [5, 5.41) is 14.0. The molecule has 2 amide bonds. The van der Waals surface area contributed by atoms with E-state index < -0.39 is 0 Å². The van der Waals surface area contributed by atoms with Crippen molar-refractivity contribution in [2.24, 2.45) is 0 Å². The van der Waals surface area contributed by atoms with E-state index in [1.165, 1.54) is 61.9 Å². The Morgan fingerprint density at radius 3 is 2.59 bits per heavy atom. The zero-order valence-electron chi connectivity index (χ0n) is 16.4. The van der Waals surface area contributed by atoms with Crippen molar-refractivity contribution in [1.82, 2.24) is 20.4 Å².